The van der Waals surface area contributed by atoms with Crippen LogP contribution in [0.3, 0.4) is 0 Å². The number of benzene rings is 1. The molecule has 0 aliphatic heterocycles. The normalized spacial score (nSPS) is 13.3. The summed E-state index contributed by atoms with van der Waals surface area (Å²) in [6, 6.07) is 6.78. The van der Waals surface area contributed by atoms with E-state index >= 15 is 0 Å². The summed E-state index contributed by atoms with van der Waals surface area (Å²) in [5.41, 5.74) is 0.780. The van der Waals surface area contributed by atoms with Gasteiger partial charge in [-0.25, -0.2) is 0 Å². The minimum absolute atomic E-state index is 0.0481. The van der Waals surface area contributed by atoms with Crippen LogP contribution in [0.2, 0.25) is 0 Å². The monoisotopic (exact) mass is 251 g/mol. The Balaban J connectivity index is 2.81. The van der Waals surface area contributed by atoms with E-state index in [0.29, 0.717) is 6.54 Å². The lowest BCUT2D eigenvalue weighted by atomic mass is 9.94. The highest BCUT2D eigenvalue weighted by Crippen LogP contribution is 2.23. The second-order valence-corrected chi connectivity index (χ2v) is 5.52. The predicted molar refractivity (Wildman–Crippen MR) is 70.9 cm³/mol. The van der Waals surface area contributed by atoms with E-state index in [1.165, 1.54) is 0 Å². The fraction of sp³-hybridized carbons (Fsp3) is 0.500. The van der Waals surface area contributed by atoms with Crippen LogP contribution in [0.5, 0.6) is 5.75 Å². The maximum absolute atomic E-state index is 10.9. The van der Waals surface area contributed by atoms with Gasteiger partial charge >= 0.3 is 5.97 Å². The summed E-state index contributed by atoms with van der Waals surface area (Å²) in [5.74, 6) is -0.813. The summed E-state index contributed by atoms with van der Waals surface area (Å²) in [7, 11) is 0. The highest BCUT2D eigenvalue weighted by Gasteiger charge is 2.19. The molecule has 0 amide bonds. The zero-order valence-electron chi connectivity index (χ0n) is 11.1. The van der Waals surface area contributed by atoms with Crippen molar-refractivity contribution in [2.75, 3.05) is 6.54 Å². The second kappa shape index (κ2) is 5.87. The van der Waals surface area contributed by atoms with Crippen LogP contribution >= 0.6 is 0 Å². The lowest BCUT2D eigenvalue weighted by molar-refractivity contribution is -0.137. The van der Waals surface area contributed by atoms with Crippen LogP contribution in [-0.4, -0.2) is 28.3 Å². The Morgan fingerprint density at radius 2 is 2.06 bits per heavy atom. The van der Waals surface area contributed by atoms with E-state index in [1.807, 2.05) is 26.8 Å². The van der Waals surface area contributed by atoms with Crippen LogP contribution in [0.1, 0.15) is 38.7 Å². The van der Waals surface area contributed by atoms with Crippen LogP contribution in [0.25, 0.3) is 0 Å². The molecule has 100 valence electrons. The molecule has 0 bridgehead atoms. The summed E-state index contributed by atoms with van der Waals surface area (Å²) < 4.78 is 0. The molecule has 3 N–H and O–H groups in total. The number of rotatable bonds is 5. The van der Waals surface area contributed by atoms with Crippen LogP contribution < -0.4 is 5.32 Å². The van der Waals surface area contributed by atoms with Gasteiger partial charge in [0.25, 0.3) is 0 Å². The molecule has 0 saturated heterocycles. The van der Waals surface area contributed by atoms with Gasteiger partial charge in [-0.3, -0.25) is 4.79 Å². The largest absolute Gasteiger partial charge is 0.508 e. The third-order valence-electron chi connectivity index (χ3n) is 2.64. The lowest BCUT2D eigenvalue weighted by Crippen LogP contribution is -2.39. The first-order valence-corrected chi connectivity index (χ1v) is 6.03. The second-order valence-electron chi connectivity index (χ2n) is 5.52. The fourth-order valence-corrected chi connectivity index (χ4v) is 1.73. The predicted octanol–water partition coefficient (Wildman–Crippen LogP) is 2.34. The zero-order valence-corrected chi connectivity index (χ0v) is 11.1. The first-order valence-electron chi connectivity index (χ1n) is 6.03. The van der Waals surface area contributed by atoms with Crippen molar-refractivity contribution in [2.45, 2.75) is 38.6 Å². The minimum Gasteiger partial charge on any atom is -0.508 e. The number of aromatic hydroxyl groups is 1. The zero-order chi connectivity index (χ0) is 13.8. The molecule has 0 heterocycles. The third-order valence-corrected chi connectivity index (χ3v) is 2.64. The van der Waals surface area contributed by atoms with Gasteiger partial charge in [-0.2, -0.15) is 0 Å². The van der Waals surface area contributed by atoms with E-state index in [9.17, 15) is 9.90 Å². The van der Waals surface area contributed by atoms with Gasteiger partial charge in [0.15, 0.2) is 0 Å². The molecule has 0 radical (unpaired) electrons. The van der Waals surface area contributed by atoms with E-state index in [2.05, 4.69) is 5.32 Å². The minimum atomic E-state index is -0.834. The fourth-order valence-electron chi connectivity index (χ4n) is 1.73. The summed E-state index contributed by atoms with van der Waals surface area (Å²) in [6.45, 7) is 6.67. The standard InChI is InChI=1S/C14H21NO3/c1-14(2,3)15-9-11(8-13(17)18)10-5-4-6-12(16)7-10/h4-7,11,15-16H,8-9H2,1-3H3,(H,17,18). The molecular weight excluding hydrogens is 230 g/mol. The Morgan fingerprint density at radius 3 is 2.56 bits per heavy atom. The number of phenols is 1. The number of phenolic OH excluding ortho intramolecular Hbond substituents is 1. The third kappa shape index (κ3) is 5.19. The van der Waals surface area contributed by atoms with E-state index < -0.39 is 5.97 Å². The van der Waals surface area contributed by atoms with Crippen LogP contribution in [0.4, 0.5) is 0 Å². The maximum atomic E-state index is 10.9. The van der Waals surface area contributed by atoms with Crippen molar-refractivity contribution < 1.29 is 15.0 Å². The highest BCUT2D eigenvalue weighted by molar-refractivity contribution is 5.68. The Bertz CT molecular complexity index is 410. The number of hydrogen-bond donors (Lipinski definition) is 3. The molecule has 1 unspecified atom stereocenters. The number of carbonyl (C=O) groups is 1. The van der Waals surface area contributed by atoms with Crippen molar-refractivity contribution in [3.63, 3.8) is 0 Å². The van der Waals surface area contributed by atoms with Gasteiger partial charge in [0.05, 0.1) is 6.42 Å². The van der Waals surface area contributed by atoms with Gasteiger partial charge in [-0.1, -0.05) is 12.1 Å². The Hall–Kier alpha value is -1.55. The van der Waals surface area contributed by atoms with Gasteiger partial charge in [0, 0.05) is 18.0 Å². The molecule has 1 aromatic rings. The molecule has 0 spiro atoms. The number of hydrogen-bond acceptors (Lipinski definition) is 3. The van der Waals surface area contributed by atoms with E-state index in [1.54, 1.807) is 18.2 Å². The van der Waals surface area contributed by atoms with Gasteiger partial charge in [-0.15, -0.1) is 0 Å². The molecule has 0 aromatic heterocycles. The molecule has 0 saturated carbocycles. The van der Waals surface area contributed by atoms with Gasteiger partial charge in [0.2, 0.25) is 0 Å². The molecule has 1 aromatic carbocycles. The Kier molecular flexibility index (Phi) is 4.73. The van der Waals surface area contributed by atoms with Crippen molar-refractivity contribution in [1.29, 1.82) is 0 Å². The van der Waals surface area contributed by atoms with Crippen molar-refractivity contribution >= 4 is 5.97 Å². The van der Waals surface area contributed by atoms with Crippen molar-refractivity contribution in [3.05, 3.63) is 29.8 Å². The van der Waals surface area contributed by atoms with Crippen LogP contribution in [-0.2, 0) is 4.79 Å². The summed E-state index contributed by atoms with van der Waals surface area (Å²) in [4.78, 5) is 10.9. The molecule has 18 heavy (non-hydrogen) atoms. The lowest BCUT2D eigenvalue weighted by Gasteiger charge is -2.25. The molecule has 4 heteroatoms. The van der Waals surface area contributed by atoms with E-state index in [-0.39, 0.29) is 23.6 Å². The molecule has 1 atom stereocenters. The Morgan fingerprint density at radius 1 is 1.39 bits per heavy atom. The van der Waals surface area contributed by atoms with Gasteiger partial charge < -0.3 is 15.5 Å². The number of aliphatic carboxylic acids is 1. The van der Waals surface area contributed by atoms with Crippen LogP contribution in [0.15, 0.2) is 24.3 Å². The molecule has 0 fully saturated rings. The van der Waals surface area contributed by atoms with Crippen molar-refractivity contribution in [1.82, 2.24) is 5.32 Å². The molecule has 1 rings (SSSR count). The van der Waals surface area contributed by atoms with Crippen LogP contribution in [0, 0.1) is 0 Å². The van der Waals surface area contributed by atoms with Gasteiger partial charge in [0.1, 0.15) is 5.75 Å². The average Bonchev–Trinajstić information content (AvgIpc) is 2.22. The van der Waals surface area contributed by atoms with E-state index in [4.69, 9.17) is 5.11 Å². The first kappa shape index (κ1) is 14.5. The number of nitrogens with one attached hydrogen (secondary N) is 1. The SMILES string of the molecule is CC(C)(C)NCC(CC(=O)O)c1cccc(O)c1. The maximum Gasteiger partial charge on any atom is 0.304 e. The number of carboxylic acid groups (broad SMARTS) is 1. The first-order chi connectivity index (χ1) is 8.28. The molecular formula is C14H21NO3. The molecule has 4 nitrogen and oxygen atoms in total. The van der Waals surface area contributed by atoms with Gasteiger partial charge in [-0.05, 0) is 38.5 Å². The molecule has 0 aliphatic rings. The smallest absolute Gasteiger partial charge is 0.304 e. The highest BCUT2D eigenvalue weighted by atomic mass is 16.4. The van der Waals surface area contributed by atoms with Crippen molar-refractivity contribution in [2.24, 2.45) is 0 Å². The number of carboxylic acids is 1. The summed E-state index contributed by atoms with van der Waals surface area (Å²) in [5, 5.41) is 21.7. The topological polar surface area (TPSA) is 69.6 Å². The summed E-state index contributed by atoms with van der Waals surface area (Å²) >= 11 is 0. The van der Waals surface area contributed by atoms with E-state index in [0.717, 1.165) is 5.56 Å². The quantitative estimate of drug-likeness (QED) is 0.751. The van der Waals surface area contributed by atoms with Crippen molar-refractivity contribution in [3.8, 4) is 5.75 Å². The average molecular weight is 251 g/mol. The molecule has 0 aliphatic carbocycles. The summed E-state index contributed by atoms with van der Waals surface area (Å²) in [6.07, 6.45) is 0.0481. The Labute approximate surface area is 108 Å².